The first-order chi connectivity index (χ1) is 19.4. The van der Waals surface area contributed by atoms with Crippen molar-refractivity contribution in [3.8, 4) is 0 Å². The van der Waals surface area contributed by atoms with E-state index >= 15 is 0 Å². The van der Waals surface area contributed by atoms with Crippen LogP contribution in [-0.2, 0) is 24.7 Å². The van der Waals surface area contributed by atoms with Crippen LogP contribution in [0.15, 0.2) is 45.9 Å². The predicted molar refractivity (Wildman–Crippen MR) is 160 cm³/mol. The summed E-state index contributed by atoms with van der Waals surface area (Å²) in [6, 6.07) is 8.62. The van der Waals surface area contributed by atoms with Crippen LogP contribution in [0, 0.1) is 5.92 Å². The molecule has 0 bridgehead atoms. The van der Waals surface area contributed by atoms with E-state index in [0.717, 1.165) is 34.3 Å². The Labute approximate surface area is 249 Å². The van der Waals surface area contributed by atoms with Gasteiger partial charge in [-0.1, -0.05) is 17.7 Å². The van der Waals surface area contributed by atoms with E-state index in [1.807, 2.05) is 19.0 Å². The fourth-order valence-corrected chi connectivity index (χ4v) is 9.48. The van der Waals surface area contributed by atoms with Crippen LogP contribution in [0.5, 0.6) is 0 Å². The van der Waals surface area contributed by atoms with Crippen LogP contribution < -0.4 is 4.90 Å². The second kappa shape index (κ2) is 12.1. The second-order valence-electron chi connectivity index (χ2n) is 10.7. The van der Waals surface area contributed by atoms with Crippen molar-refractivity contribution in [3.63, 3.8) is 0 Å². The number of nitrogens with zero attached hydrogens (tertiary/aromatic N) is 6. The number of sulfone groups is 1. The highest BCUT2D eigenvalue weighted by Crippen LogP contribution is 2.33. The van der Waals surface area contributed by atoms with Crippen LogP contribution in [0.2, 0.25) is 5.02 Å². The number of carbonyl (C=O) groups excluding carboxylic acids is 1. The minimum Gasteiger partial charge on any atom is -0.356 e. The first kappa shape index (κ1) is 30.1. The third kappa shape index (κ3) is 6.83. The Hall–Kier alpha value is -2.36. The summed E-state index contributed by atoms with van der Waals surface area (Å²) in [6.07, 6.45) is 3.10. The number of piperazine rings is 1. The highest BCUT2D eigenvalue weighted by Gasteiger charge is 2.35. The summed E-state index contributed by atoms with van der Waals surface area (Å²) in [7, 11) is -3.74. The van der Waals surface area contributed by atoms with Gasteiger partial charge in [-0.05, 0) is 62.5 Å². The topological polar surface area (TPSA) is 124 Å². The number of piperidine rings is 1. The molecule has 2 aliphatic rings. The van der Waals surface area contributed by atoms with Crippen LogP contribution in [0.3, 0.4) is 0 Å². The van der Waals surface area contributed by atoms with Gasteiger partial charge in [0.15, 0.2) is 0 Å². The van der Waals surface area contributed by atoms with E-state index in [4.69, 9.17) is 11.6 Å². The minimum absolute atomic E-state index is 0.0485. The summed E-state index contributed by atoms with van der Waals surface area (Å²) < 4.78 is 54.1. The molecule has 0 aliphatic carbocycles. The van der Waals surface area contributed by atoms with Crippen LogP contribution >= 0.6 is 22.9 Å². The average Bonchev–Trinajstić information content (AvgIpc) is 3.38. The number of halogens is 1. The molecule has 2 aliphatic heterocycles. The van der Waals surface area contributed by atoms with Gasteiger partial charge < -0.3 is 14.7 Å². The normalized spacial score (nSPS) is 18.1. The van der Waals surface area contributed by atoms with E-state index in [9.17, 15) is 21.6 Å². The highest BCUT2D eigenvalue weighted by atomic mass is 35.5. The lowest BCUT2D eigenvalue weighted by Crippen LogP contribution is -2.53. The molecule has 15 heteroatoms. The summed E-state index contributed by atoms with van der Waals surface area (Å²) in [6.45, 7) is 2.72. The number of hydrogen-bond donors (Lipinski definition) is 0. The molecule has 5 rings (SSSR count). The molecule has 0 N–H and O–H groups in total. The molecular formula is C26H33ClN6O5S3. The van der Waals surface area contributed by atoms with Gasteiger partial charge in [0, 0.05) is 55.2 Å². The maximum atomic E-state index is 13.3. The molecular weight excluding hydrogens is 608 g/mol. The van der Waals surface area contributed by atoms with Crippen molar-refractivity contribution < 1.29 is 21.6 Å². The zero-order valence-electron chi connectivity index (χ0n) is 22.9. The number of anilines is 1. The van der Waals surface area contributed by atoms with Crippen molar-refractivity contribution in [1.29, 1.82) is 0 Å². The number of hydrogen-bond acceptors (Lipinski definition) is 10. The number of rotatable bonds is 9. The second-order valence-corrected chi connectivity index (χ2v) is 16.4. The van der Waals surface area contributed by atoms with E-state index in [2.05, 4.69) is 9.97 Å². The fourth-order valence-electron chi connectivity index (χ4n) is 5.03. The van der Waals surface area contributed by atoms with Crippen molar-refractivity contribution in [2.24, 2.45) is 5.92 Å². The fraction of sp³-hybridized carbons (Fsp3) is 0.500. The maximum Gasteiger partial charge on any atom is 0.253 e. The number of fused-ring (bicyclic) bond motifs is 1. The van der Waals surface area contributed by atoms with Gasteiger partial charge in [0.25, 0.3) is 10.0 Å². The van der Waals surface area contributed by atoms with E-state index in [-0.39, 0.29) is 40.0 Å². The molecule has 0 atom stereocenters. The Morgan fingerprint density at radius 2 is 1.80 bits per heavy atom. The summed E-state index contributed by atoms with van der Waals surface area (Å²) in [5.41, 5.74) is 0. The largest absolute Gasteiger partial charge is 0.356 e. The van der Waals surface area contributed by atoms with Gasteiger partial charge in [0.05, 0.1) is 12.3 Å². The summed E-state index contributed by atoms with van der Waals surface area (Å²) in [5, 5.41) is 1.19. The van der Waals surface area contributed by atoms with Crippen LogP contribution in [0.4, 0.5) is 5.82 Å². The molecule has 11 nitrogen and oxygen atoms in total. The third-order valence-electron chi connectivity index (χ3n) is 7.46. The smallest absolute Gasteiger partial charge is 0.253 e. The Bertz CT molecular complexity index is 1640. The molecule has 222 valence electrons. The van der Waals surface area contributed by atoms with Gasteiger partial charge in [0.2, 0.25) is 20.9 Å². The van der Waals surface area contributed by atoms with Crippen molar-refractivity contribution >= 4 is 64.6 Å². The Kier molecular flexibility index (Phi) is 8.88. The molecule has 2 aromatic heterocycles. The molecule has 41 heavy (non-hydrogen) atoms. The first-order valence-electron chi connectivity index (χ1n) is 13.3. The minimum atomic E-state index is -3.79. The Morgan fingerprint density at radius 3 is 2.51 bits per heavy atom. The molecule has 0 unspecified atom stereocenters. The third-order valence-corrected chi connectivity index (χ3v) is 12.6. The number of aromatic nitrogens is 2. The Morgan fingerprint density at radius 1 is 1.05 bits per heavy atom. The standard InChI is InChI=1S/C26H33ClN6O5S3/c1-30(2)13-14-40(35,36)26-28-8-5-23(29-26)31-9-6-19(7-10-31)17-32-11-12-33(18-24(32)34)41(37,38)25-15-20-3-4-21(27)16-22(20)39-25/h3-5,8,15-16,19H,6-7,9-14,17-18H2,1-2H3. The summed E-state index contributed by atoms with van der Waals surface area (Å²) in [4.78, 5) is 27.0. The number of carbonyl (C=O) groups is 1. The van der Waals surface area contributed by atoms with Crippen molar-refractivity contribution in [1.82, 2.24) is 24.1 Å². The van der Waals surface area contributed by atoms with Crippen molar-refractivity contribution in [2.45, 2.75) is 22.2 Å². The zero-order chi connectivity index (χ0) is 29.4. The summed E-state index contributed by atoms with van der Waals surface area (Å²) in [5.74, 6) is 0.596. The molecule has 4 heterocycles. The van der Waals surface area contributed by atoms with Gasteiger partial charge >= 0.3 is 0 Å². The van der Waals surface area contributed by atoms with Crippen LogP contribution in [-0.4, -0.2) is 112 Å². The van der Waals surface area contributed by atoms with Crippen LogP contribution in [0.1, 0.15) is 12.8 Å². The maximum absolute atomic E-state index is 13.3. The zero-order valence-corrected chi connectivity index (χ0v) is 26.1. The summed E-state index contributed by atoms with van der Waals surface area (Å²) >= 11 is 7.21. The number of benzene rings is 1. The molecule has 2 fully saturated rings. The van der Waals surface area contributed by atoms with Gasteiger partial charge in [-0.15, -0.1) is 11.3 Å². The Balaban J connectivity index is 1.15. The number of thiophene rings is 1. The molecule has 1 aromatic carbocycles. The van der Waals surface area contributed by atoms with Gasteiger partial charge in [-0.2, -0.15) is 4.31 Å². The molecule has 2 saturated heterocycles. The van der Waals surface area contributed by atoms with Crippen molar-refractivity contribution in [3.05, 3.63) is 41.6 Å². The van der Waals surface area contributed by atoms with E-state index in [1.54, 1.807) is 40.1 Å². The molecule has 0 saturated carbocycles. The lowest BCUT2D eigenvalue weighted by Gasteiger charge is -2.38. The van der Waals surface area contributed by atoms with Crippen molar-refractivity contribution in [2.75, 3.05) is 70.6 Å². The highest BCUT2D eigenvalue weighted by molar-refractivity contribution is 7.91. The van der Waals surface area contributed by atoms with E-state index in [1.165, 1.54) is 10.5 Å². The van der Waals surface area contributed by atoms with Gasteiger partial charge in [-0.25, -0.2) is 26.8 Å². The van der Waals surface area contributed by atoms with Gasteiger partial charge in [0.1, 0.15) is 10.0 Å². The average molecular weight is 641 g/mol. The van der Waals surface area contributed by atoms with E-state index < -0.39 is 19.9 Å². The van der Waals surface area contributed by atoms with Crippen LogP contribution in [0.25, 0.3) is 10.1 Å². The molecule has 3 aromatic rings. The molecule has 0 spiro atoms. The number of amides is 1. The SMILES string of the molecule is CN(C)CCS(=O)(=O)c1nccc(N2CCC(CN3CCN(S(=O)(=O)c4cc5ccc(Cl)cc5s4)CC3=O)CC2)n1. The predicted octanol–water partition coefficient (Wildman–Crippen LogP) is 2.43. The first-order valence-corrected chi connectivity index (χ1v) is 17.6. The quantitative estimate of drug-likeness (QED) is 0.324. The number of sulfonamides is 1. The lowest BCUT2D eigenvalue weighted by molar-refractivity contribution is -0.134. The lowest BCUT2D eigenvalue weighted by atomic mass is 9.96. The monoisotopic (exact) mass is 640 g/mol. The molecule has 0 radical (unpaired) electrons. The molecule has 1 amide bonds. The van der Waals surface area contributed by atoms with Gasteiger partial charge in [-0.3, -0.25) is 4.79 Å². The van der Waals surface area contributed by atoms with E-state index in [0.29, 0.717) is 43.6 Å².